The van der Waals surface area contributed by atoms with Crippen LogP contribution >= 0.6 is 0 Å². The second-order valence-corrected chi connectivity index (χ2v) is 8.57. The summed E-state index contributed by atoms with van der Waals surface area (Å²) in [4.78, 5) is 15.7. The molecule has 170 valence electrons. The lowest BCUT2D eigenvalue weighted by atomic mass is 9.79. The predicted molar refractivity (Wildman–Crippen MR) is 127 cm³/mol. The van der Waals surface area contributed by atoms with Crippen molar-refractivity contribution in [1.82, 2.24) is 9.55 Å². The second-order valence-electron chi connectivity index (χ2n) is 8.57. The molecule has 2 aliphatic rings. The van der Waals surface area contributed by atoms with Crippen molar-refractivity contribution in [3.63, 3.8) is 0 Å². The minimum atomic E-state index is -0.839. The first kappa shape index (κ1) is 20.8. The number of hydrogen-bond donors (Lipinski definition) is 0. The number of benzene rings is 3. The number of hydrogen-bond acceptors (Lipinski definition) is 5. The van der Waals surface area contributed by atoms with Gasteiger partial charge in [0.25, 0.3) is 5.56 Å². The highest BCUT2D eigenvalue weighted by atomic mass is 16.6. The van der Waals surface area contributed by atoms with E-state index in [1.807, 2.05) is 54.6 Å². The van der Waals surface area contributed by atoms with Crippen LogP contribution in [-0.4, -0.2) is 28.4 Å². The lowest BCUT2D eigenvalue weighted by molar-refractivity contribution is -0.0906. The van der Waals surface area contributed by atoms with Crippen LogP contribution in [-0.2, 0) is 15.1 Å². The maximum absolute atomic E-state index is 11.7. The van der Waals surface area contributed by atoms with Gasteiger partial charge in [-0.25, -0.2) is 0 Å². The zero-order valence-corrected chi connectivity index (χ0v) is 18.5. The van der Waals surface area contributed by atoms with E-state index in [0.29, 0.717) is 12.4 Å². The van der Waals surface area contributed by atoms with E-state index in [-0.39, 0.29) is 30.6 Å². The zero-order valence-electron chi connectivity index (χ0n) is 18.5. The summed E-state index contributed by atoms with van der Waals surface area (Å²) in [5.74, 6) is 0. The van der Waals surface area contributed by atoms with E-state index < -0.39 is 5.60 Å². The van der Waals surface area contributed by atoms with Crippen LogP contribution in [0.15, 0.2) is 108 Å². The van der Waals surface area contributed by atoms with Crippen LogP contribution in [0.4, 0.5) is 0 Å². The van der Waals surface area contributed by atoms with E-state index in [4.69, 9.17) is 14.2 Å². The Morgan fingerprint density at radius 3 is 1.94 bits per heavy atom. The Morgan fingerprint density at radius 1 is 0.824 bits per heavy atom. The lowest BCUT2D eigenvalue weighted by Gasteiger charge is -2.39. The number of aromatic nitrogens is 2. The molecule has 0 N–H and O–H groups in total. The van der Waals surface area contributed by atoms with Crippen LogP contribution in [0.2, 0.25) is 0 Å². The SMILES string of the molecule is O=c1ccn2c(n1)OCC1OC2CC1OC(c1ccccc1)(c1ccccc1)c1ccccc1. The molecule has 2 aliphatic heterocycles. The molecule has 3 aromatic carbocycles. The van der Waals surface area contributed by atoms with Crippen molar-refractivity contribution in [1.29, 1.82) is 0 Å². The van der Waals surface area contributed by atoms with E-state index in [9.17, 15) is 4.79 Å². The van der Waals surface area contributed by atoms with E-state index in [2.05, 4.69) is 41.4 Å². The Morgan fingerprint density at radius 2 is 1.38 bits per heavy atom. The molecule has 0 saturated carbocycles. The normalized spacial score (nSPS) is 21.4. The highest BCUT2D eigenvalue weighted by Gasteiger charge is 2.47. The Labute approximate surface area is 197 Å². The summed E-state index contributed by atoms with van der Waals surface area (Å²) < 4.78 is 21.1. The van der Waals surface area contributed by atoms with Crippen molar-refractivity contribution in [2.45, 2.75) is 30.5 Å². The van der Waals surface area contributed by atoms with Gasteiger partial charge in [-0.1, -0.05) is 91.0 Å². The van der Waals surface area contributed by atoms with Gasteiger partial charge >= 0.3 is 6.01 Å². The third-order valence-electron chi connectivity index (χ3n) is 6.54. The quantitative estimate of drug-likeness (QED) is 0.423. The van der Waals surface area contributed by atoms with Crippen LogP contribution in [0.3, 0.4) is 0 Å². The van der Waals surface area contributed by atoms with Crippen molar-refractivity contribution in [3.8, 4) is 6.01 Å². The van der Waals surface area contributed by atoms with Gasteiger partial charge in [0.15, 0.2) is 0 Å². The van der Waals surface area contributed by atoms with E-state index in [1.54, 1.807) is 10.8 Å². The number of ether oxygens (including phenoxy) is 3. The first-order chi connectivity index (χ1) is 16.7. The summed E-state index contributed by atoms with van der Waals surface area (Å²) in [5, 5.41) is 0. The Hall–Kier alpha value is -3.74. The zero-order chi connectivity index (χ0) is 23.0. The molecular formula is C28H24N2O4. The summed E-state index contributed by atoms with van der Waals surface area (Å²) >= 11 is 0. The molecule has 2 bridgehead atoms. The molecule has 1 fully saturated rings. The van der Waals surface area contributed by atoms with Gasteiger partial charge in [0.2, 0.25) is 0 Å². The van der Waals surface area contributed by atoms with Crippen LogP contribution in [0, 0.1) is 0 Å². The number of fused-ring (bicyclic) bond motifs is 4. The largest absolute Gasteiger partial charge is 0.462 e. The fourth-order valence-electron chi connectivity index (χ4n) is 4.97. The highest BCUT2D eigenvalue weighted by Crippen LogP contribution is 2.45. The molecule has 0 radical (unpaired) electrons. The maximum Gasteiger partial charge on any atom is 0.301 e. The minimum Gasteiger partial charge on any atom is -0.462 e. The van der Waals surface area contributed by atoms with Crippen LogP contribution in [0.25, 0.3) is 0 Å². The molecule has 6 heteroatoms. The first-order valence-electron chi connectivity index (χ1n) is 11.5. The van der Waals surface area contributed by atoms with Crippen LogP contribution in [0.5, 0.6) is 6.01 Å². The summed E-state index contributed by atoms with van der Waals surface area (Å²) in [5.41, 5.74) is 1.96. The molecule has 3 unspecified atom stereocenters. The molecule has 6 rings (SSSR count). The monoisotopic (exact) mass is 452 g/mol. The first-order valence-corrected chi connectivity index (χ1v) is 11.5. The van der Waals surface area contributed by atoms with Crippen molar-refractivity contribution < 1.29 is 14.2 Å². The number of rotatable bonds is 5. The molecule has 34 heavy (non-hydrogen) atoms. The number of nitrogens with zero attached hydrogens (tertiary/aromatic N) is 2. The lowest BCUT2D eigenvalue weighted by Crippen LogP contribution is -2.41. The van der Waals surface area contributed by atoms with Crippen molar-refractivity contribution in [2.24, 2.45) is 0 Å². The summed E-state index contributed by atoms with van der Waals surface area (Å²) in [6.45, 7) is 0.256. The molecular weight excluding hydrogens is 428 g/mol. The fraction of sp³-hybridized carbons (Fsp3) is 0.214. The van der Waals surface area contributed by atoms with E-state index in [0.717, 1.165) is 16.7 Å². The average molecular weight is 453 g/mol. The fourth-order valence-corrected chi connectivity index (χ4v) is 4.97. The van der Waals surface area contributed by atoms with Gasteiger partial charge in [-0.3, -0.25) is 9.36 Å². The molecule has 0 amide bonds. The van der Waals surface area contributed by atoms with Gasteiger partial charge in [-0.05, 0) is 16.7 Å². The molecule has 1 saturated heterocycles. The van der Waals surface area contributed by atoms with Crippen LogP contribution in [0.1, 0.15) is 29.3 Å². The van der Waals surface area contributed by atoms with Gasteiger partial charge < -0.3 is 14.2 Å². The van der Waals surface area contributed by atoms with Gasteiger partial charge in [-0.2, -0.15) is 4.98 Å². The van der Waals surface area contributed by atoms with Crippen molar-refractivity contribution >= 4 is 0 Å². The van der Waals surface area contributed by atoms with Gasteiger partial charge in [0, 0.05) is 18.7 Å². The minimum absolute atomic E-state index is 0.252. The van der Waals surface area contributed by atoms with E-state index in [1.165, 1.54) is 6.07 Å². The molecule has 1 aromatic heterocycles. The summed E-state index contributed by atoms with van der Waals surface area (Å²) in [6.07, 6.45) is 1.41. The average Bonchev–Trinajstić information content (AvgIpc) is 3.20. The van der Waals surface area contributed by atoms with Gasteiger partial charge in [-0.15, -0.1) is 0 Å². The highest BCUT2D eigenvalue weighted by molar-refractivity contribution is 5.47. The molecule has 3 atom stereocenters. The topological polar surface area (TPSA) is 62.6 Å². The summed E-state index contributed by atoms with van der Waals surface area (Å²) in [7, 11) is 0. The third kappa shape index (κ3) is 3.52. The third-order valence-corrected chi connectivity index (χ3v) is 6.54. The standard InChI is InChI=1S/C28H24N2O4/c31-25-16-17-30-26-18-23(24(33-26)19-32-27(30)29-25)34-28(20-10-4-1-5-11-20,21-12-6-2-7-13-21)22-14-8-3-9-15-22/h1-17,23-24,26H,18-19H2. The molecule has 0 spiro atoms. The Balaban J connectivity index is 1.46. The predicted octanol–water partition coefficient (Wildman–Crippen LogP) is 4.30. The molecule has 4 aromatic rings. The van der Waals surface area contributed by atoms with Crippen molar-refractivity contribution in [2.75, 3.05) is 6.61 Å². The van der Waals surface area contributed by atoms with Gasteiger partial charge in [0.05, 0.1) is 6.10 Å². The molecule has 6 nitrogen and oxygen atoms in total. The second kappa shape index (κ2) is 8.56. The van der Waals surface area contributed by atoms with E-state index >= 15 is 0 Å². The Bertz CT molecular complexity index is 1230. The Kier molecular flexibility index (Phi) is 5.24. The maximum atomic E-state index is 11.7. The molecule has 3 heterocycles. The molecule has 0 aliphatic carbocycles. The smallest absolute Gasteiger partial charge is 0.301 e. The summed E-state index contributed by atoms with van der Waals surface area (Å²) in [6, 6.07) is 32.6. The van der Waals surface area contributed by atoms with Crippen molar-refractivity contribution in [3.05, 3.63) is 130 Å². The van der Waals surface area contributed by atoms with Gasteiger partial charge in [0.1, 0.15) is 24.5 Å². The van der Waals surface area contributed by atoms with Crippen LogP contribution < -0.4 is 10.3 Å².